The van der Waals surface area contributed by atoms with Crippen LogP contribution in [0, 0.1) is 0 Å². The van der Waals surface area contributed by atoms with Gasteiger partial charge < -0.3 is 21.3 Å². The largest absolute Gasteiger partial charge is 0.352 e. The summed E-state index contributed by atoms with van der Waals surface area (Å²) < 4.78 is 0. The molecule has 4 N–H and O–H groups in total. The molecule has 8 nitrogen and oxygen atoms in total. The molecule has 0 saturated carbocycles. The van der Waals surface area contributed by atoms with Gasteiger partial charge in [0, 0.05) is 26.2 Å². The van der Waals surface area contributed by atoms with E-state index in [1.807, 2.05) is 0 Å². The van der Waals surface area contributed by atoms with Crippen LogP contribution in [0.2, 0.25) is 0 Å². The molecule has 0 unspecified atom stereocenters. The van der Waals surface area contributed by atoms with E-state index in [4.69, 9.17) is 0 Å². The summed E-state index contributed by atoms with van der Waals surface area (Å²) >= 11 is 0. The first kappa shape index (κ1) is 84.1. The van der Waals surface area contributed by atoms with Gasteiger partial charge in [-0.25, -0.2) is 0 Å². The summed E-state index contributed by atoms with van der Waals surface area (Å²) in [4.78, 5) is 57.0. The van der Waals surface area contributed by atoms with Crippen LogP contribution in [-0.4, -0.2) is 49.8 Å². The summed E-state index contributed by atoms with van der Waals surface area (Å²) in [5, 5.41) is 12.4. The summed E-state index contributed by atoms with van der Waals surface area (Å²) in [6.45, 7) is 11.0. The Morgan fingerprint density at radius 2 is 0.344 bits per heavy atom. The molecule has 0 spiro atoms. The zero-order chi connectivity index (χ0) is 64.9. The van der Waals surface area contributed by atoms with Gasteiger partial charge in [0.2, 0.25) is 0 Å². The first-order valence-corrected chi connectivity index (χ1v) is 39.3. The molecule has 0 atom stereocenters. The molecule has 0 aliphatic carbocycles. The van der Waals surface area contributed by atoms with Crippen molar-refractivity contribution in [3.63, 3.8) is 0 Å². The number of nitrogens with one attached hydrogen (secondary N) is 4. The minimum atomic E-state index is -0.386. The van der Waals surface area contributed by atoms with Gasteiger partial charge in [-0.1, -0.05) is 307 Å². The smallest absolute Gasteiger partial charge is 0.252 e. The van der Waals surface area contributed by atoms with Crippen LogP contribution in [-0.2, 0) is 0 Å². The van der Waals surface area contributed by atoms with E-state index in [-0.39, 0.29) is 45.9 Å². The number of allylic oxidation sites excluding steroid dienone is 8. The Kier molecular flexibility index (Phi) is 63.5. The van der Waals surface area contributed by atoms with Crippen LogP contribution < -0.4 is 21.3 Å². The number of unbranched alkanes of at least 4 members (excludes halogenated alkanes) is 48. The second-order valence-corrected chi connectivity index (χ2v) is 26.7. The third-order valence-corrected chi connectivity index (χ3v) is 18.0. The molecule has 4 amide bonds. The fourth-order valence-corrected chi connectivity index (χ4v) is 12.0. The van der Waals surface area contributed by atoms with E-state index in [1.165, 1.54) is 269 Å². The van der Waals surface area contributed by atoms with Gasteiger partial charge in [0.25, 0.3) is 23.6 Å². The third-order valence-electron chi connectivity index (χ3n) is 18.0. The van der Waals surface area contributed by atoms with Crippen LogP contribution in [0.1, 0.15) is 429 Å². The molecule has 518 valence electrons. The van der Waals surface area contributed by atoms with Crippen molar-refractivity contribution in [2.45, 2.75) is 387 Å². The van der Waals surface area contributed by atoms with E-state index >= 15 is 0 Å². The lowest BCUT2D eigenvalue weighted by Crippen LogP contribution is -2.34. The monoisotopic (exact) mass is 1250 g/mol. The SMILES string of the molecule is CCCCCCCC/C=C\CCCCCCCCNC(=O)c1cc(C(=O)NCCCCCCCC/C=C\CCCCCCCC)c(C(=O)NCCCCCCCC/C=C\CCCCCCCC)cc1C(=O)NCCCCCCCC/C=C\CCCCCCCC. The van der Waals surface area contributed by atoms with E-state index in [1.54, 1.807) is 0 Å². The van der Waals surface area contributed by atoms with Gasteiger partial charge in [-0.3, -0.25) is 19.2 Å². The Hall–Kier alpha value is -3.94. The van der Waals surface area contributed by atoms with Crippen molar-refractivity contribution in [1.29, 1.82) is 0 Å². The second-order valence-electron chi connectivity index (χ2n) is 26.7. The van der Waals surface area contributed by atoms with Crippen LogP contribution in [0.25, 0.3) is 0 Å². The first-order chi connectivity index (χ1) is 44.4. The van der Waals surface area contributed by atoms with Crippen molar-refractivity contribution in [3.05, 3.63) is 83.0 Å². The molecule has 0 bridgehead atoms. The molecule has 0 aliphatic rings. The third kappa shape index (κ3) is 53.6. The lowest BCUT2D eigenvalue weighted by atomic mass is 9.95. The minimum absolute atomic E-state index is 0.144. The Morgan fingerprint density at radius 3 is 0.500 bits per heavy atom. The average molecular weight is 1250 g/mol. The van der Waals surface area contributed by atoms with Crippen LogP contribution in [0.4, 0.5) is 0 Å². The van der Waals surface area contributed by atoms with Crippen molar-refractivity contribution in [1.82, 2.24) is 21.3 Å². The molecular weight excluding hydrogens is 1100 g/mol. The van der Waals surface area contributed by atoms with Gasteiger partial charge in [-0.05, 0) is 141 Å². The minimum Gasteiger partial charge on any atom is -0.352 e. The average Bonchev–Trinajstić information content (AvgIpc) is 2.34. The molecule has 0 aliphatic heterocycles. The molecule has 1 rings (SSSR count). The number of hydrogen-bond acceptors (Lipinski definition) is 4. The quantitative estimate of drug-likeness (QED) is 0.0384. The summed E-state index contributed by atoms with van der Waals surface area (Å²) in [6.07, 6.45) is 86.8. The van der Waals surface area contributed by atoms with Gasteiger partial charge in [-0.2, -0.15) is 0 Å². The highest BCUT2D eigenvalue weighted by Gasteiger charge is 2.26. The Bertz CT molecular complexity index is 1650. The Morgan fingerprint density at radius 1 is 0.211 bits per heavy atom. The standard InChI is InChI=1S/C82H146N4O4/c1-5-9-13-17-21-25-29-33-37-41-45-49-53-57-61-65-69-83-79(87)75-73-77(81(89)85-71-67-63-59-55-51-47-43-39-35-31-27-23-19-15-11-7-3)78(82(90)86-72-68-64-60-56-52-48-44-40-36-32-28-24-20-16-12-8-4)74-76(75)80(88)84-70-66-62-58-54-50-46-42-38-34-30-26-22-18-14-10-6-2/h33-40,73-74H,5-32,41-72H2,1-4H3,(H,83,87)(H,84,88)(H,85,89)(H,86,90)/b37-33-,38-34-,39-35-,40-36-. The zero-order valence-electron chi connectivity index (χ0n) is 59.8. The van der Waals surface area contributed by atoms with E-state index in [9.17, 15) is 19.2 Å². The number of benzene rings is 1. The highest BCUT2D eigenvalue weighted by molar-refractivity contribution is 6.14. The first-order valence-electron chi connectivity index (χ1n) is 39.3. The van der Waals surface area contributed by atoms with Crippen molar-refractivity contribution in [3.8, 4) is 0 Å². The maximum Gasteiger partial charge on any atom is 0.252 e. The van der Waals surface area contributed by atoms with Crippen LogP contribution in [0.3, 0.4) is 0 Å². The molecule has 0 fully saturated rings. The predicted octanol–water partition coefficient (Wildman–Crippen LogP) is 24.8. The molecule has 0 radical (unpaired) electrons. The van der Waals surface area contributed by atoms with Gasteiger partial charge in [-0.15, -0.1) is 0 Å². The zero-order valence-corrected chi connectivity index (χ0v) is 59.8. The predicted molar refractivity (Wildman–Crippen MR) is 394 cm³/mol. The second kappa shape index (κ2) is 67.9. The molecule has 0 aromatic heterocycles. The van der Waals surface area contributed by atoms with Crippen molar-refractivity contribution in [2.24, 2.45) is 0 Å². The lowest BCUT2D eigenvalue weighted by Gasteiger charge is -2.17. The molecule has 1 aromatic rings. The highest BCUT2D eigenvalue weighted by atomic mass is 16.2. The molecule has 1 aromatic carbocycles. The van der Waals surface area contributed by atoms with Crippen molar-refractivity contribution < 1.29 is 19.2 Å². The van der Waals surface area contributed by atoms with E-state index < -0.39 is 0 Å². The summed E-state index contributed by atoms with van der Waals surface area (Å²) in [6, 6.07) is 3.04. The Labute approximate surface area is 557 Å². The number of carbonyl (C=O) groups excluding carboxylic acids is 4. The number of rotatable bonds is 68. The summed E-state index contributed by atoms with van der Waals surface area (Å²) in [5.41, 5.74) is 0.575. The van der Waals surface area contributed by atoms with Gasteiger partial charge in [0.15, 0.2) is 0 Å². The van der Waals surface area contributed by atoms with Crippen LogP contribution >= 0.6 is 0 Å². The molecule has 0 heterocycles. The fourth-order valence-electron chi connectivity index (χ4n) is 12.0. The van der Waals surface area contributed by atoms with E-state index in [0.29, 0.717) is 26.2 Å². The molecule has 90 heavy (non-hydrogen) atoms. The normalized spacial score (nSPS) is 11.8. The van der Waals surface area contributed by atoms with E-state index in [0.717, 1.165) is 103 Å². The van der Waals surface area contributed by atoms with Crippen LogP contribution in [0.15, 0.2) is 60.7 Å². The maximum absolute atomic E-state index is 14.3. The van der Waals surface area contributed by atoms with Gasteiger partial charge >= 0.3 is 0 Å². The summed E-state index contributed by atoms with van der Waals surface area (Å²) in [5.74, 6) is -1.54. The van der Waals surface area contributed by atoms with E-state index in [2.05, 4.69) is 97.6 Å². The van der Waals surface area contributed by atoms with Crippen LogP contribution in [0.5, 0.6) is 0 Å². The van der Waals surface area contributed by atoms with Gasteiger partial charge in [0.05, 0.1) is 22.3 Å². The summed E-state index contributed by atoms with van der Waals surface area (Å²) in [7, 11) is 0. The van der Waals surface area contributed by atoms with Gasteiger partial charge in [0.1, 0.15) is 0 Å². The maximum atomic E-state index is 14.3. The fraction of sp³-hybridized carbons (Fsp3) is 0.780. The number of hydrogen-bond donors (Lipinski definition) is 4. The Balaban J connectivity index is 3.00. The molecular formula is C82H146N4O4. The number of carbonyl (C=O) groups is 4. The topological polar surface area (TPSA) is 116 Å². The highest BCUT2D eigenvalue weighted by Crippen LogP contribution is 2.21. The molecule has 0 saturated heterocycles. The number of amides is 4. The van der Waals surface area contributed by atoms with Crippen molar-refractivity contribution in [2.75, 3.05) is 26.2 Å². The van der Waals surface area contributed by atoms with Crippen molar-refractivity contribution >= 4 is 23.6 Å². The molecule has 8 heteroatoms. The lowest BCUT2D eigenvalue weighted by molar-refractivity contribution is 0.0907.